The number of rotatable bonds is 7. The van der Waals surface area contributed by atoms with Crippen molar-refractivity contribution < 1.29 is 9.53 Å². The van der Waals surface area contributed by atoms with Crippen molar-refractivity contribution in [1.29, 1.82) is 0 Å². The van der Waals surface area contributed by atoms with E-state index in [0.29, 0.717) is 24.6 Å². The summed E-state index contributed by atoms with van der Waals surface area (Å²) in [6.45, 7) is 5.30. The van der Waals surface area contributed by atoms with Gasteiger partial charge in [0, 0.05) is 16.8 Å². The van der Waals surface area contributed by atoms with Crippen LogP contribution in [0.25, 0.3) is 0 Å². The molecule has 0 bridgehead atoms. The summed E-state index contributed by atoms with van der Waals surface area (Å²) >= 11 is 5.53. The fourth-order valence-electron chi connectivity index (χ4n) is 1.04. The number of thiol groups is 1. The molecular weight excluding hydrogens is 242 g/mol. The van der Waals surface area contributed by atoms with E-state index in [1.807, 2.05) is 5.38 Å². The monoisotopic (exact) mass is 257 g/mol. The molecule has 0 aliphatic rings. The first-order chi connectivity index (χ1) is 7.74. The summed E-state index contributed by atoms with van der Waals surface area (Å²) in [4.78, 5) is 13.0. The third-order valence-corrected chi connectivity index (χ3v) is 3.17. The van der Waals surface area contributed by atoms with Crippen molar-refractivity contribution in [2.75, 3.05) is 19.8 Å². The second-order valence-electron chi connectivity index (χ2n) is 3.11. The van der Waals surface area contributed by atoms with Crippen LogP contribution in [0.2, 0.25) is 0 Å². The molecule has 88 valence electrons. The predicted octanol–water partition coefficient (Wildman–Crippen LogP) is 2.36. The summed E-state index contributed by atoms with van der Waals surface area (Å²) in [6.07, 6.45) is 2.64. The topological polar surface area (TPSA) is 38.3 Å². The van der Waals surface area contributed by atoms with Gasteiger partial charge in [0.05, 0.1) is 18.1 Å². The minimum atomic E-state index is -0.0716. The zero-order valence-electron chi connectivity index (χ0n) is 8.94. The lowest BCUT2D eigenvalue weighted by Crippen LogP contribution is -2.26. The average molecular weight is 257 g/mol. The lowest BCUT2D eigenvalue weighted by atomic mass is 10.4. The standard InChI is InChI=1S/C11H15NO2S2/c1-2-3-5-14-6-4-12-11(13)10-7-9(15)8-16-10/h2,7-8,15H,1,3-6H2,(H,12,13). The second kappa shape index (κ2) is 7.49. The molecule has 1 rings (SSSR count). The van der Waals surface area contributed by atoms with Gasteiger partial charge in [-0.1, -0.05) is 6.08 Å². The Morgan fingerprint density at radius 2 is 2.44 bits per heavy atom. The Labute approximate surface area is 105 Å². The van der Waals surface area contributed by atoms with Crippen molar-refractivity contribution in [2.45, 2.75) is 11.3 Å². The van der Waals surface area contributed by atoms with E-state index < -0.39 is 0 Å². The molecule has 0 unspecified atom stereocenters. The molecule has 1 aromatic heterocycles. The fraction of sp³-hybridized carbons (Fsp3) is 0.364. The van der Waals surface area contributed by atoms with Gasteiger partial charge in [0.2, 0.25) is 0 Å². The molecule has 0 atom stereocenters. The van der Waals surface area contributed by atoms with Crippen molar-refractivity contribution in [1.82, 2.24) is 5.32 Å². The first-order valence-electron chi connectivity index (χ1n) is 4.98. The van der Waals surface area contributed by atoms with E-state index in [9.17, 15) is 4.79 Å². The average Bonchev–Trinajstić information content (AvgIpc) is 2.70. The van der Waals surface area contributed by atoms with Gasteiger partial charge in [-0.15, -0.1) is 30.5 Å². The van der Waals surface area contributed by atoms with Crippen molar-refractivity contribution >= 4 is 29.9 Å². The van der Waals surface area contributed by atoms with E-state index in [1.165, 1.54) is 11.3 Å². The number of amides is 1. The highest BCUT2D eigenvalue weighted by Crippen LogP contribution is 2.16. The Balaban J connectivity index is 2.13. The number of ether oxygens (including phenoxy) is 1. The Hall–Kier alpha value is -0.780. The Bertz CT molecular complexity index is 350. The molecule has 3 nitrogen and oxygen atoms in total. The van der Waals surface area contributed by atoms with Gasteiger partial charge in [-0.25, -0.2) is 0 Å². The molecule has 0 aromatic carbocycles. The first kappa shape index (κ1) is 13.3. The van der Waals surface area contributed by atoms with Crippen molar-refractivity contribution in [3.8, 4) is 0 Å². The molecule has 1 aromatic rings. The van der Waals surface area contributed by atoms with Crippen molar-refractivity contribution in [3.63, 3.8) is 0 Å². The number of nitrogens with one attached hydrogen (secondary N) is 1. The van der Waals surface area contributed by atoms with Crippen LogP contribution in [0.4, 0.5) is 0 Å². The molecule has 1 amide bonds. The van der Waals surface area contributed by atoms with Crippen LogP contribution in [0.5, 0.6) is 0 Å². The maximum atomic E-state index is 11.5. The highest BCUT2D eigenvalue weighted by atomic mass is 32.1. The predicted molar refractivity (Wildman–Crippen MR) is 69.5 cm³/mol. The van der Waals surface area contributed by atoms with Crippen LogP contribution in [-0.4, -0.2) is 25.7 Å². The number of hydrogen-bond donors (Lipinski definition) is 2. The van der Waals surface area contributed by atoms with Gasteiger partial charge < -0.3 is 10.1 Å². The van der Waals surface area contributed by atoms with E-state index in [1.54, 1.807) is 12.1 Å². The molecule has 0 aliphatic carbocycles. The molecular formula is C11H15NO2S2. The maximum absolute atomic E-state index is 11.5. The van der Waals surface area contributed by atoms with Crippen molar-refractivity contribution in [2.24, 2.45) is 0 Å². The van der Waals surface area contributed by atoms with E-state index in [-0.39, 0.29) is 5.91 Å². The van der Waals surface area contributed by atoms with Gasteiger partial charge >= 0.3 is 0 Å². The minimum absolute atomic E-state index is 0.0716. The molecule has 0 aliphatic heterocycles. The molecule has 5 heteroatoms. The normalized spacial score (nSPS) is 10.1. The van der Waals surface area contributed by atoms with Crippen LogP contribution < -0.4 is 5.32 Å². The molecule has 0 spiro atoms. The molecule has 0 saturated carbocycles. The van der Waals surface area contributed by atoms with Crippen LogP contribution in [0.15, 0.2) is 29.0 Å². The van der Waals surface area contributed by atoms with Gasteiger partial charge in [0.1, 0.15) is 0 Å². The van der Waals surface area contributed by atoms with Crippen LogP contribution in [0, 0.1) is 0 Å². The SMILES string of the molecule is C=CCCOCCNC(=O)c1cc(S)cs1. The summed E-state index contributed by atoms with van der Waals surface area (Å²) in [7, 11) is 0. The Morgan fingerprint density at radius 3 is 3.06 bits per heavy atom. The molecule has 1 N–H and O–H groups in total. The molecule has 16 heavy (non-hydrogen) atoms. The summed E-state index contributed by atoms with van der Waals surface area (Å²) in [5.74, 6) is -0.0716. The maximum Gasteiger partial charge on any atom is 0.261 e. The van der Waals surface area contributed by atoms with Crippen LogP contribution in [0.3, 0.4) is 0 Å². The lowest BCUT2D eigenvalue weighted by molar-refractivity contribution is 0.0921. The summed E-state index contributed by atoms with van der Waals surface area (Å²) in [5.41, 5.74) is 0. The van der Waals surface area contributed by atoms with Gasteiger partial charge in [-0.05, 0) is 12.5 Å². The largest absolute Gasteiger partial charge is 0.379 e. The zero-order valence-corrected chi connectivity index (χ0v) is 10.7. The number of thiophene rings is 1. The molecule has 0 radical (unpaired) electrons. The van der Waals surface area contributed by atoms with Gasteiger partial charge in [-0.3, -0.25) is 4.79 Å². The third kappa shape index (κ3) is 4.83. The molecule has 0 fully saturated rings. The summed E-state index contributed by atoms with van der Waals surface area (Å²) in [5, 5.41) is 4.61. The molecule has 0 saturated heterocycles. The van der Waals surface area contributed by atoms with Crippen LogP contribution in [-0.2, 0) is 4.74 Å². The first-order valence-corrected chi connectivity index (χ1v) is 6.31. The Morgan fingerprint density at radius 1 is 1.62 bits per heavy atom. The van der Waals surface area contributed by atoms with E-state index in [4.69, 9.17) is 4.74 Å². The zero-order chi connectivity index (χ0) is 11.8. The van der Waals surface area contributed by atoms with Gasteiger partial charge in [-0.2, -0.15) is 0 Å². The summed E-state index contributed by atoms with van der Waals surface area (Å²) < 4.78 is 5.27. The smallest absolute Gasteiger partial charge is 0.261 e. The lowest BCUT2D eigenvalue weighted by Gasteiger charge is -2.04. The van der Waals surface area contributed by atoms with E-state index in [2.05, 4.69) is 24.5 Å². The minimum Gasteiger partial charge on any atom is -0.379 e. The summed E-state index contributed by atoms with van der Waals surface area (Å²) in [6, 6.07) is 1.75. The van der Waals surface area contributed by atoms with Gasteiger partial charge in [0.25, 0.3) is 5.91 Å². The van der Waals surface area contributed by atoms with E-state index in [0.717, 1.165) is 11.3 Å². The van der Waals surface area contributed by atoms with Crippen LogP contribution in [0.1, 0.15) is 16.1 Å². The fourth-order valence-corrected chi connectivity index (χ4v) is 2.10. The Kier molecular flexibility index (Phi) is 6.22. The quantitative estimate of drug-likeness (QED) is 0.447. The number of carbonyl (C=O) groups is 1. The number of carbonyl (C=O) groups excluding carboxylic acids is 1. The van der Waals surface area contributed by atoms with Crippen LogP contribution >= 0.6 is 24.0 Å². The third-order valence-electron chi connectivity index (χ3n) is 1.81. The molecule has 1 heterocycles. The van der Waals surface area contributed by atoms with E-state index >= 15 is 0 Å². The highest BCUT2D eigenvalue weighted by molar-refractivity contribution is 7.80. The number of hydrogen-bond acceptors (Lipinski definition) is 4. The van der Waals surface area contributed by atoms with Crippen molar-refractivity contribution in [3.05, 3.63) is 29.0 Å². The highest BCUT2D eigenvalue weighted by Gasteiger charge is 2.06. The second-order valence-corrected chi connectivity index (χ2v) is 4.54. The van der Waals surface area contributed by atoms with Gasteiger partial charge in [0.15, 0.2) is 0 Å².